The van der Waals surface area contributed by atoms with Gasteiger partial charge in [-0.1, -0.05) is 0 Å². The Labute approximate surface area is 68.5 Å². The third kappa shape index (κ3) is 2.71. The highest BCUT2D eigenvalue weighted by Crippen LogP contribution is 2.39. The van der Waals surface area contributed by atoms with E-state index in [1.807, 2.05) is 0 Å². The Hall–Kier alpha value is -0.530. The highest BCUT2D eigenvalue weighted by molar-refractivity contribution is 4.86. The van der Waals surface area contributed by atoms with E-state index < -0.39 is 31.7 Å². The van der Waals surface area contributed by atoms with E-state index in [0.29, 0.717) is 0 Å². The highest BCUT2D eigenvalue weighted by atomic mass is 19.3. The first-order valence-electron chi connectivity index (χ1n) is 2.93. The van der Waals surface area contributed by atoms with Crippen LogP contribution in [0.25, 0.3) is 0 Å². The first-order valence-corrected chi connectivity index (χ1v) is 2.93. The van der Waals surface area contributed by atoms with Crippen LogP contribution in [0.3, 0.4) is 0 Å². The van der Waals surface area contributed by atoms with Gasteiger partial charge in [0, 0.05) is 0 Å². The molecule has 0 atom stereocenters. The first-order chi connectivity index (χ1) is 5.75. The van der Waals surface area contributed by atoms with Gasteiger partial charge in [-0.2, -0.15) is 17.6 Å². The van der Waals surface area contributed by atoms with Gasteiger partial charge in [0.05, 0.1) is 0 Å². The zero-order chi connectivity index (χ0) is 10.7. The summed E-state index contributed by atoms with van der Waals surface area (Å²) in [6.45, 7) is -3.82. The van der Waals surface area contributed by atoms with Gasteiger partial charge in [-0.15, -0.1) is 0 Å². The third-order valence-corrected chi connectivity index (χ3v) is 1.12. The zero-order valence-corrected chi connectivity index (χ0v) is 6.05. The molecule has 0 saturated carbocycles. The number of hydrogen-bond donors (Lipinski definition) is 0. The van der Waals surface area contributed by atoms with Gasteiger partial charge in [0.15, 0.2) is 6.86 Å². The van der Waals surface area contributed by atoms with E-state index in [-0.39, 0.29) is 0 Å². The van der Waals surface area contributed by atoms with Gasteiger partial charge in [0.1, 0.15) is 6.61 Å². The molecule has 0 spiro atoms. The largest absolute Gasteiger partial charge is 0.371 e. The molecule has 0 radical (unpaired) electrons. The van der Waals surface area contributed by atoms with Crippen LogP contribution < -0.4 is 0 Å². The van der Waals surface area contributed by atoms with Crippen molar-refractivity contribution in [1.29, 1.82) is 0 Å². The molecule has 0 rings (SSSR count). The first kappa shape index (κ1) is 12.5. The van der Waals surface area contributed by atoms with E-state index in [2.05, 4.69) is 4.74 Å². The minimum atomic E-state index is -5.51. The van der Waals surface area contributed by atoms with Crippen molar-refractivity contribution in [3.63, 3.8) is 0 Å². The molecule has 0 fully saturated rings. The van der Waals surface area contributed by atoms with Crippen LogP contribution in [-0.4, -0.2) is 31.7 Å². The Morgan fingerprint density at radius 3 is 1.85 bits per heavy atom. The van der Waals surface area contributed by atoms with Crippen molar-refractivity contribution in [2.24, 2.45) is 0 Å². The van der Waals surface area contributed by atoms with E-state index >= 15 is 0 Å². The summed E-state index contributed by atoms with van der Waals surface area (Å²) in [6, 6.07) is 0. The molecule has 13 heavy (non-hydrogen) atoms. The number of halogens is 7. The zero-order valence-electron chi connectivity index (χ0n) is 6.05. The van der Waals surface area contributed by atoms with E-state index in [0.717, 1.165) is 0 Å². The van der Waals surface area contributed by atoms with Crippen molar-refractivity contribution in [3.05, 3.63) is 0 Å². The van der Waals surface area contributed by atoms with E-state index in [9.17, 15) is 30.7 Å². The third-order valence-electron chi connectivity index (χ3n) is 1.12. The molecular formula is C5H5F7O. The molecular weight excluding hydrogens is 209 g/mol. The average Bonchev–Trinajstić information content (AvgIpc) is 2.00. The number of rotatable bonds is 5. The maximum absolute atomic E-state index is 12.1. The highest BCUT2D eigenvalue weighted by Gasteiger charge is 2.62. The second-order valence-corrected chi connectivity index (χ2v) is 2.09. The smallest absolute Gasteiger partial charge is 0.344 e. The van der Waals surface area contributed by atoms with Gasteiger partial charge < -0.3 is 4.74 Å². The van der Waals surface area contributed by atoms with Crippen LogP contribution >= 0.6 is 0 Å². The average molecular weight is 214 g/mol. The molecule has 0 aliphatic rings. The Morgan fingerprint density at radius 1 is 1.08 bits per heavy atom. The molecule has 8 heteroatoms. The minimum Gasteiger partial charge on any atom is -0.344 e. The summed E-state index contributed by atoms with van der Waals surface area (Å²) in [5, 5.41) is 0. The second kappa shape index (κ2) is 4.12. The second-order valence-electron chi connectivity index (χ2n) is 2.09. The molecule has 0 amide bonds. The van der Waals surface area contributed by atoms with Gasteiger partial charge in [-0.3, -0.25) is 0 Å². The minimum absolute atomic E-state index is 1.74. The molecule has 1 nitrogen and oxygen atoms in total. The van der Waals surface area contributed by atoms with Crippen LogP contribution in [0.15, 0.2) is 0 Å². The number of ether oxygens (including phenoxy) is 1. The summed E-state index contributed by atoms with van der Waals surface area (Å²) in [4.78, 5) is 0. The van der Waals surface area contributed by atoms with Crippen molar-refractivity contribution >= 4 is 0 Å². The summed E-state index contributed by atoms with van der Waals surface area (Å²) in [6.07, 6.45) is -4.52. The van der Waals surface area contributed by atoms with Crippen LogP contribution in [0.4, 0.5) is 30.7 Å². The Balaban J connectivity index is 4.41. The fourth-order valence-electron chi connectivity index (χ4n) is 0.423. The van der Waals surface area contributed by atoms with Crippen LogP contribution in [-0.2, 0) is 4.74 Å². The lowest BCUT2D eigenvalue weighted by atomic mass is 10.2. The van der Waals surface area contributed by atoms with Crippen molar-refractivity contribution in [2.45, 2.75) is 18.3 Å². The maximum Gasteiger partial charge on any atom is 0.371 e. The SMILES string of the molecule is FCOCC(F)(F)C(F)(F)C(F)F. The van der Waals surface area contributed by atoms with Crippen molar-refractivity contribution in [1.82, 2.24) is 0 Å². The standard InChI is InChI=1S/C5H5F7O/c6-2-13-1-4(9,10)5(11,12)3(7)8/h3H,1-2H2. The molecule has 0 aliphatic heterocycles. The van der Waals surface area contributed by atoms with Gasteiger partial charge >= 0.3 is 18.3 Å². The van der Waals surface area contributed by atoms with Gasteiger partial charge in [0.25, 0.3) is 0 Å². The fraction of sp³-hybridized carbons (Fsp3) is 1.00. The van der Waals surface area contributed by atoms with E-state index in [1.54, 1.807) is 0 Å². The van der Waals surface area contributed by atoms with Crippen molar-refractivity contribution in [3.8, 4) is 0 Å². The molecule has 0 aromatic carbocycles. The fourth-order valence-corrected chi connectivity index (χ4v) is 0.423. The Morgan fingerprint density at radius 2 is 1.54 bits per heavy atom. The summed E-state index contributed by atoms with van der Waals surface area (Å²) in [7, 11) is 0. The predicted molar refractivity (Wildman–Crippen MR) is 27.8 cm³/mol. The molecule has 0 aromatic heterocycles. The molecule has 0 saturated heterocycles. The number of alkyl halides is 7. The van der Waals surface area contributed by atoms with Crippen LogP contribution in [0.1, 0.15) is 0 Å². The summed E-state index contributed by atoms with van der Waals surface area (Å²) in [5.41, 5.74) is 0. The van der Waals surface area contributed by atoms with Gasteiger partial charge in [0.2, 0.25) is 0 Å². The molecule has 0 heterocycles. The quantitative estimate of drug-likeness (QED) is 0.638. The van der Waals surface area contributed by atoms with Crippen LogP contribution in [0, 0.1) is 0 Å². The molecule has 0 N–H and O–H groups in total. The van der Waals surface area contributed by atoms with Crippen molar-refractivity contribution in [2.75, 3.05) is 13.5 Å². The molecule has 0 unspecified atom stereocenters. The lowest BCUT2D eigenvalue weighted by molar-refractivity contribution is -0.281. The Kier molecular flexibility index (Phi) is 3.95. The molecule has 80 valence electrons. The number of hydrogen-bond acceptors (Lipinski definition) is 1. The normalized spacial score (nSPS) is 13.8. The predicted octanol–water partition coefficient (Wildman–Crippen LogP) is 2.47. The maximum atomic E-state index is 12.1. The molecule has 0 bridgehead atoms. The van der Waals surface area contributed by atoms with Crippen LogP contribution in [0.2, 0.25) is 0 Å². The van der Waals surface area contributed by atoms with Gasteiger partial charge in [-0.05, 0) is 0 Å². The monoisotopic (exact) mass is 214 g/mol. The van der Waals surface area contributed by atoms with Crippen LogP contribution in [0.5, 0.6) is 0 Å². The summed E-state index contributed by atoms with van der Waals surface area (Å²) < 4.78 is 85.3. The molecule has 0 aliphatic carbocycles. The summed E-state index contributed by atoms with van der Waals surface area (Å²) in [5.74, 6) is -10.6. The lowest BCUT2D eigenvalue weighted by Crippen LogP contribution is -2.49. The van der Waals surface area contributed by atoms with E-state index in [4.69, 9.17) is 0 Å². The van der Waals surface area contributed by atoms with E-state index in [1.165, 1.54) is 0 Å². The van der Waals surface area contributed by atoms with Crippen molar-refractivity contribution < 1.29 is 35.5 Å². The van der Waals surface area contributed by atoms with Gasteiger partial charge in [-0.25, -0.2) is 13.2 Å². The Bertz CT molecular complexity index is 157. The summed E-state index contributed by atoms with van der Waals surface area (Å²) >= 11 is 0. The lowest BCUT2D eigenvalue weighted by Gasteiger charge is -2.24. The topological polar surface area (TPSA) is 9.23 Å². The molecule has 0 aromatic rings.